The van der Waals surface area contributed by atoms with Crippen molar-refractivity contribution in [3.05, 3.63) is 51.6 Å². The highest BCUT2D eigenvalue weighted by Gasteiger charge is 2.39. The van der Waals surface area contributed by atoms with Gasteiger partial charge in [-0.1, -0.05) is 26.8 Å². The second kappa shape index (κ2) is 9.19. The van der Waals surface area contributed by atoms with Crippen molar-refractivity contribution in [1.82, 2.24) is 0 Å². The Hall–Kier alpha value is -2.03. The van der Waals surface area contributed by atoms with E-state index in [9.17, 15) is 14.9 Å². The van der Waals surface area contributed by atoms with Gasteiger partial charge in [-0.3, -0.25) is 15.0 Å². The van der Waals surface area contributed by atoms with Gasteiger partial charge in [0.1, 0.15) is 5.60 Å². The van der Waals surface area contributed by atoms with Crippen molar-refractivity contribution >= 4 is 20.0 Å². The van der Waals surface area contributed by atoms with E-state index in [4.69, 9.17) is 14.2 Å². The van der Waals surface area contributed by atoms with Gasteiger partial charge in [0.2, 0.25) is 0 Å². The van der Waals surface area contributed by atoms with E-state index in [1.54, 1.807) is 32.9 Å². The summed E-state index contributed by atoms with van der Waals surface area (Å²) < 4.78 is 6.48. The van der Waals surface area contributed by atoms with Crippen LogP contribution in [0.15, 0.2) is 30.4 Å². The summed E-state index contributed by atoms with van der Waals surface area (Å²) in [5, 5.41) is 11.2. The molecule has 0 heterocycles. The highest BCUT2D eigenvalue weighted by Crippen LogP contribution is 2.41. The standard InChI is InChI=1S/C21H33NO6Si/c1-15-10-11-16(22(24)25)14-17(15)18(27-29(8,9)21(5,6)7)12-13-19(23)26-28-20(2,3)4/h10-14,18H,1-9H3. The molecule has 0 spiro atoms. The van der Waals surface area contributed by atoms with Gasteiger partial charge in [0.25, 0.3) is 5.69 Å². The monoisotopic (exact) mass is 423 g/mol. The van der Waals surface area contributed by atoms with Gasteiger partial charge in [-0.15, -0.1) is 0 Å². The first-order valence-electron chi connectivity index (χ1n) is 9.54. The average molecular weight is 424 g/mol. The molecule has 1 unspecified atom stereocenters. The third-order valence-electron chi connectivity index (χ3n) is 4.79. The van der Waals surface area contributed by atoms with Gasteiger partial charge in [0.05, 0.1) is 11.0 Å². The highest BCUT2D eigenvalue weighted by molar-refractivity contribution is 6.74. The Morgan fingerprint density at radius 3 is 2.24 bits per heavy atom. The lowest BCUT2D eigenvalue weighted by molar-refractivity contribution is -0.385. The van der Waals surface area contributed by atoms with Crippen molar-refractivity contribution in [3.8, 4) is 0 Å². The quantitative estimate of drug-likeness (QED) is 0.181. The number of nitro groups is 1. The van der Waals surface area contributed by atoms with Gasteiger partial charge < -0.3 is 4.43 Å². The summed E-state index contributed by atoms with van der Waals surface area (Å²) in [5.41, 5.74) is 0.825. The zero-order valence-corrected chi connectivity index (χ0v) is 19.9. The zero-order chi connectivity index (χ0) is 22.6. The molecule has 29 heavy (non-hydrogen) atoms. The minimum atomic E-state index is -2.24. The number of nitrogens with zero attached hydrogens (tertiary/aromatic N) is 1. The number of carbonyl (C=O) groups is 1. The van der Waals surface area contributed by atoms with Crippen molar-refractivity contribution < 1.29 is 23.9 Å². The smallest absolute Gasteiger partial charge is 0.365 e. The summed E-state index contributed by atoms with van der Waals surface area (Å²) in [7, 11) is -2.24. The van der Waals surface area contributed by atoms with Gasteiger partial charge in [-0.25, -0.2) is 4.79 Å². The van der Waals surface area contributed by atoms with Crippen LogP contribution in [0.4, 0.5) is 5.69 Å². The normalized spacial score (nSPS) is 14.1. The zero-order valence-electron chi connectivity index (χ0n) is 18.9. The predicted octanol–water partition coefficient (Wildman–Crippen LogP) is 5.80. The maximum Gasteiger partial charge on any atom is 0.365 e. The lowest BCUT2D eigenvalue weighted by Crippen LogP contribution is -2.41. The molecule has 0 fully saturated rings. The molecule has 0 saturated heterocycles. The van der Waals surface area contributed by atoms with E-state index >= 15 is 0 Å². The second-order valence-corrected chi connectivity index (χ2v) is 14.3. The Balaban J connectivity index is 3.27. The van der Waals surface area contributed by atoms with E-state index in [1.807, 2.05) is 6.92 Å². The van der Waals surface area contributed by atoms with Crippen LogP contribution in [0.3, 0.4) is 0 Å². The number of carbonyl (C=O) groups excluding carboxylic acids is 1. The number of aryl methyl sites for hydroxylation is 1. The number of benzene rings is 1. The van der Waals surface area contributed by atoms with Gasteiger partial charge in [0.15, 0.2) is 8.32 Å². The Kier molecular flexibility index (Phi) is 7.92. The summed E-state index contributed by atoms with van der Waals surface area (Å²) in [4.78, 5) is 32.7. The lowest BCUT2D eigenvalue weighted by atomic mass is 10.0. The highest BCUT2D eigenvalue weighted by atomic mass is 28.4. The Labute approximate surface area is 174 Å². The largest absolute Gasteiger partial charge is 0.406 e. The molecular weight excluding hydrogens is 390 g/mol. The van der Waals surface area contributed by atoms with Crippen LogP contribution in [0.2, 0.25) is 18.1 Å². The van der Waals surface area contributed by atoms with E-state index in [0.29, 0.717) is 5.56 Å². The Bertz CT molecular complexity index is 774. The third-order valence-corrected chi connectivity index (χ3v) is 9.24. The first kappa shape index (κ1) is 25.0. The number of hydrogen-bond acceptors (Lipinski definition) is 6. The summed E-state index contributed by atoms with van der Waals surface area (Å²) in [6, 6.07) is 4.64. The predicted molar refractivity (Wildman–Crippen MR) is 115 cm³/mol. The van der Waals surface area contributed by atoms with Crippen LogP contribution in [0.1, 0.15) is 58.8 Å². The summed E-state index contributed by atoms with van der Waals surface area (Å²) in [5.74, 6) is -0.674. The lowest BCUT2D eigenvalue weighted by Gasteiger charge is -2.39. The van der Waals surface area contributed by atoms with Gasteiger partial charge in [-0.2, -0.15) is 4.89 Å². The minimum absolute atomic E-state index is 0.0264. The molecule has 0 N–H and O–H groups in total. The number of non-ortho nitro benzene ring substituents is 1. The molecule has 0 aliphatic heterocycles. The van der Waals surface area contributed by atoms with Crippen LogP contribution < -0.4 is 0 Å². The molecule has 1 atom stereocenters. The molecule has 7 nitrogen and oxygen atoms in total. The third kappa shape index (κ3) is 7.72. The van der Waals surface area contributed by atoms with E-state index in [0.717, 1.165) is 5.56 Å². The summed E-state index contributed by atoms with van der Waals surface area (Å²) in [6.45, 7) is 17.6. The van der Waals surface area contributed by atoms with Crippen molar-refractivity contribution in [2.24, 2.45) is 0 Å². The van der Waals surface area contributed by atoms with Crippen LogP contribution >= 0.6 is 0 Å². The topological polar surface area (TPSA) is 87.9 Å². The maximum atomic E-state index is 12.1. The number of nitro benzene ring substituents is 1. The van der Waals surface area contributed by atoms with Crippen LogP contribution in [0, 0.1) is 17.0 Å². The van der Waals surface area contributed by atoms with Crippen LogP contribution in [-0.4, -0.2) is 24.8 Å². The molecule has 0 amide bonds. The molecule has 0 aliphatic carbocycles. The van der Waals surface area contributed by atoms with Crippen molar-refractivity contribution in [1.29, 1.82) is 0 Å². The molecular formula is C21H33NO6Si. The fourth-order valence-corrected chi connectivity index (χ4v) is 3.30. The van der Waals surface area contributed by atoms with Crippen molar-refractivity contribution in [3.63, 3.8) is 0 Å². The van der Waals surface area contributed by atoms with E-state index in [2.05, 4.69) is 33.9 Å². The molecule has 0 saturated carbocycles. The number of rotatable bonds is 7. The van der Waals surface area contributed by atoms with Crippen molar-refractivity contribution in [2.45, 2.75) is 78.3 Å². The van der Waals surface area contributed by atoms with Crippen molar-refractivity contribution in [2.75, 3.05) is 0 Å². The van der Waals surface area contributed by atoms with Gasteiger partial charge in [-0.05, 0) is 63.0 Å². The van der Waals surface area contributed by atoms with E-state index < -0.39 is 30.9 Å². The minimum Gasteiger partial charge on any atom is -0.406 e. The first-order chi connectivity index (χ1) is 13.0. The SMILES string of the molecule is Cc1ccc([N+](=O)[O-])cc1C(C=CC(=O)OOC(C)(C)C)O[Si](C)(C)C(C)(C)C. The van der Waals surface area contributed by atoms with E-state index in [1.165, 1.54) is 18.2 Å². The van der Waals surface area contributed by atoms with Crippen LogP contribution in [-0.2, 0) is 19.0 Å². The fourth-order valence-electron chi connectivity index (χ4n) is 2.11. The second-order valence-electron chi connectivity index (χ2n) is 9.55. The fraction of sp³-hybridized carbons (Fsp3) is 0.571. The Morgan fingerprint density at radius 2 is 1.76 bits per heavy atom. The summed E-state index contributed by atoms with van der Waals surface area (Å²) in [6.07, 6.45) is 2.18. The number of hydrogen-bond donors (Lipinski definition) is 0. The summed E-state index contributed by atoms with van der Waals surface area (Å²) >= 11 is 0. The van der Waals surface area contributed by atoms with E-state index in [-0.39, 0.29) is 10.7 Å². The molecule has 1 aromatic carbocycles. The maximum absolute atomic E-state index is 12.1. The first-order valence-corrected chi connectivity index (χ1v) is 12.4. The van der Waals surface area contributed by atoms with Crippen LogP contribution in [0.25, 0.3) is 0 Å². The molecule has 1 aromatic rings. The van der Waals surface area contributed by atoms with Gasteiger partial charge >= 0.3 is 5.97 Å². The average Bonchev–Trinajstić information content (AvgIpc) is 2.55. The molecule has 0 bridgehead atoms. The van der Waals surface area contributed by atoms with Crippen LogP contribution in [0.5, 0.6) is 0 Å². The molecule has 0 radical (unpaired) electrons. The van der Waals surface area contributed by atoms with Gasteiger partial charge in [0, 0.05) is 18.2 Å². The molecule has 8 heteroatoms. The molecule has 1 rings (SSSR count). The molecule has 162 valence electrons. The molecule has 0 aliphatic rings. The Morgan fingerprint density at radius 1 is 1.17 bits per heavy atom. The molecule has 0 aromatic heterocycles.